The van der Waals surface area contributed by atoms with E-state index in [9.17, 15) is 9.90 Å². The summed E-state index contributed by atoms with van der Waals surface area (Å²) in [4.78, 5) is 18.0. The van der Waals surface area contributed by atoms with Gasteiger partial charge in [-0.25, -0.2) is 0 Å². The highest BCUT2D eigenvalue weighted by molar-refractivity contribution is 9.11. The first kappa shape index (κ1) is 16.8. The Morgan fingerprint density at radius 2 is 1.88 bits per heavy atom. The van der Waals surface area contributed by atoms with E-state index in [2.05, 4.69) is 57.4 Å². The fourth-order valence-corrected chi connectivity index (χ4v) is 3.82. The largest absolute Gasteiger partial charge is 0.508 e. The highest BCUT2D eigenvalue weighted by Crippen LogP contribution is 2.23. The third-order valence-electron chi connectivity index (χ3n) is 4.71. The van der Waals surface area contributed by atoms with Crippen LogP contribution in [0, 0.1) is 6.92 Å². The first-order chi connectivity index (χ1) is 12.5. The molecule has 5 nitrogen and oxygen atoms in total. The van der Waals surface area contributed by atoms with Gasteiger partial charge in [-0.15, -0.1) is 0 Å². The van der Waals surface area contributed by atoms with Gasteiger partial charge in [0.1, 0.15) is 18.3 Å². The van der Waals surface area contributed by atoms with Gasteiger partial charge < -0.3 is 10.4 Å². The smallest absolute Gasteiger partial charge is 0.287 e. The van der Waals surface area contributed by atoms with E-state index < -0.39 is 0 Å². The maximum Gasteiger partial charge on any atom is 0.287 e. The average Bonchev–Trinajstić information content (AvgIpc) is 2.94. The number of amides is 1. The summed E-state index contributed by atoms with van der Waals surface area (Å²) in [5.41, 5.74) is 4.19. The average molecular weight is 413 g/mol. The molecule has 0 bridgehead atoms. The molecule has 2 aromatic rings. The van der Waals surface area contributed by atoms with Crippen LogP contribution in [0.1, 0.15) is 16.7 Å². The molecule has 2 heterocycles. The van der Waals surface area contributed by atoms with E-state index in [1.54, 1.807) is 17.0 Å². The highest BCUT2D eigenvalue weighted by Gasteiger charge is 2.42. The second-order valence-electron chi connectivity index (χ2n) is 6.62. The van der Waals surface area contributed by atoms with Crippen molar-refractivity contribution in [3.63, 3.8) is 0 Å². The third-order valence-corrected chi connectivity index (χ3v) is 5.28. The van der Waals surface area contributed by atoms with E-state index in [0.29, 0.717) is 13.0 Å². The van der Waals surface area contributed by atoms with E-state index in [4.69, 9.17) is 0 Å². The van der Waals surface area contributed by atoms with Crippen LogP contribution in [-0.2, 0) is 11.2 Å². The second kappa shape index (κ2) is 6.61. The lowest BCUT2D eigenvalue weighted by molar-refractivity contribution is -0.386. The molecule has 0 radical (unpaired) electrons. The van der Waals surface area contributed by atoms with Gasteiger partial charge in [0, 0.05) is 27.9 Å². The number of aromatic hydroxyl groups is 1. The molecule has 1 atom stereocenters. The number of halogens is 1. The zero-order chi connectivity index (χ0) is 18.3. The van der Waals surface area contributed by atoms with Crippen LogP contribution < -0.4 is 10.3 Å². The summed E-state index contributed by atoms with van der Waals surface area (Å²) < 4.78 is 0.742. The van der Waals surface area contributed by atoms with Crippen LogP contribution in [0.15, 0.2) is 59.0 Å². The number of carbonyl (C=O) groups is 1. The summed E-state index contributed by atoms with van der Waals surface area (Å²) in [6.45, 7) is 2.52. The van der Waals surface area contributed by atoms with Crippen molar-refractivity contribution in [3.8, 4) is 5.75 Å². The minimum Gasteiger partial charge on any atom is -0.508 e. The van der Waals surface area contributed by atoms with Crippen LogP contribution >= 0.6 is 15.9 Å². The van der Waals surface area contributed by atoms with Gasteiger partial charge in [-0.2, -0.15) is 4.99 Å². The summed E-state index contributed by atoms with van der Waals surface area (Å²) in [5.74, 6) is 1.06. The van der Waals surface area contributed by atoms with E-state index in [-0.39, 0.29) is 17.7 Å². The number of nitrogens with one attached hydrogen (secondary N) is 2. The Balaban J connectivity index is 1.55. The number of phenolic OH excluding ortho intramolecular Hbond substituents is 1. The molecular formula is C20H19BrN3O2+. The Bertz CT molecular complexity index is 917. The molecule has 0 saturated carbocycles. The van der Waals surface area contributed by atoms with Gasteiger partial charge in [0.2, 0.25) is 5.71 Å². The molecule has 1 amide bonds. The van der Waals surface area contributed by atoms with Crippen molar-refractivity contribution in [2.75, 3.05) is 6.54 Å². The molecule has 2 aliphatic rings. The van der Waals surface area contributed by atoms with Gasteiger partial charge in [0.15, 0.2) is 5.82 Å². The van der Waals surface area contributed by atoms with Gasteiger partial charge in [0.25, 0.3) is 10.5 Å². The lowest BCUT2D eigenvalue weighted by atomic mass is 10.0. The Kier molecular flexibility index (Phi) is 4.28. The summed E-state index contributed by atoms with van der Waals surface area (Å²) >= 11 is 3.54. The van der Waals surface area contributed by atoms with Crippen molar-refractivity contribution >= 4 is 27.5 Å². The van der Waals surface area contributed by atoms with E-state index in [1.165, 1.54) is 5.56 Å². The molecule has 4 rings (SSSR count). The summed E-state index contributed by atoms with van der Waals surface area (Å²) in [5, 5.41) is 12.8. The Hall–Kier alpha value is -2.60. The quantitative estimate of drug-likeness (QED) is 0.662. The minimum atomic E-state index is -0.277. The van der Waals surface area contributed by atoms with Crippen LogP contribution in [0.2, 0.25) is 0 Å². The predicted octanol–water partition coefficient (Wildman–Crippen LogP) is 1.15. The van der Waals surface area contributed by atoms with Crippen LogP contribution in [0.5, 0.6) is 5.75 Å². The molecule has 3 N–H and O–H groups in total. The first-order valence-electron chi connectivity index (χ1n) is 8.47. The Morgan fingerprint density at radius 3 is 2.58 bits per heavy atom. The van der Waals surface area contributed by atoms with Crippen LogP contribution in [0.4, 0.5) is 0 Å². The van der Waals surface area contributed by atoms with E-state index in [0.717, 1.165) is 27.3 Å². The third kappa shape index (κ3) is 3.12. The van der Waals surface area contributed by atoms with Crippen LogP contribution in [0.3, 0.4) is 0 Å². The second-order valence-corrected chi connectivity index (χ2v) is 7.42. The number of rotatable bonds is 3. The molecule has 132 valence electrons. The lowest BCUT2D eigenvalue weighted by Gasteiger charge is -2.18. The molecule has 1 unspecified atom stereocenters. The monoisotopic (exact) mass is 412 g/mol. The van der Waals surface area contributed by atoms with E-state index in [1.807, 2.05) is 12.1 Å². The SMILES string of the molecule is Cc1ccc(CC2NC3=C(Br)[NH+]=C(c4ccc(O)cc4)CN3C2=O)cc1. The van der Waals surface area contributed by atoms with Crippen LogP contribution in [0.25, 0.3) is 0 Å². The van der Waals surface area contributed by atoms with Gasteiger partial charge >= 0.3 is 0 Å². The van der Waals surface area contributed by atoms with Crippen molar-refractivity contribution in [2.24, 2.45) is 0 Å². The molecule has 0 aromatic heterocycles. The Morgan fingerprint density at radius 1 is 1.19 bits per heavy atom. The molecule has 2 aliphatic heterocycles. The van der Waals surface area contributed by atoms with Crippen molar-refractivity contribution in [1.82, 2.24) is 10.2 Å². The van der Waals surface area contributed by atoms with Crippen LogP contribution in [-0.4, -0.2) is 34.2 Å². The molecule has 0 aliphatic carbocycles. The molecule has 6 heteroatoms. The Labute approximate surface area is 160 Å². The van der Waals surface area contributed by atoms with Gasteiger partial charge in [-0.3, -0.25) is 9.69 Å². The van der Waals surface area contributed by atoms with E-state index >= 15 is 0 Å². The number of hydrogen-bond acceptors (Lipinski definition) is 3. The maximum absolute atomic E-state index is 12.9. The number of phenols is 1. The fraction of sp³-hybridized carbons (Fsp3) is 0.200. The minimum absolute atomic E-state index is 0.0651. The molecular weight excluding hydrogens is 394 g/mol. The number of nitrogens with zero attached hydrogens (tertiary/aromatic N) is 1. The molecule has 1 saturated heterocycles. The zero-order valence-electron chi connectivity index (χ0n) is 14.3. The van der Waals surface area contributed by atoms with Gasteiger partial charge in [0.05, 0.1) is 0 Å². The number of aryl methyl sites for hydroxylation is 1. The van der Waals surface area contributed by atoms with Gasteiger partial charge in [-0.1, -0.05) is 29.8 Å². The standard InChI is InChI=1S/C20H18BrN3O2/c1-12-2-4-13(5-3-12)10-16-20(26)24-11-17(22-18(21)19(24)23-16)14-6-8-15(25)9-7-14/h2-9,16,23,25H,10-11H2,1H3/p+1. The summed E-state index contributed by atoms with van der Waals surface area (Å²) in [6, 6.07) is 14.9. The summed E-state index contributed by atoms with van der Waals surface area (Å²) in [7, 11) is 0. The number of hydrogen-bond donors (Lipinski definition) is 3. The number of fused-ring (bicyclic) bond motifs is 1. The first-order valence-corrected chi connectivity index (χ1v) is 9.26. The molecule has 26 heavy (non-hydrogen) atoms. The highest BCUT2D eigenvalue weighted by atomic mass is 79.9. The van der Waals surface area contributed by atoms with Crippen molar-refractivity contribution in [3.05, 3.63) is 75.6 Å². The normalized spacial score (nSPS) is 19.3. The molecule has 0 spiro atoms. The molecule has 2 aromatic carbocycles. The summed E-state index contributed by atoms with van der Waals surface area (Å²) in [6.07, 6.45) is 0.647. The lowest BCUT2D eigenvalue weighted by Crippen LogP contribution is -2.75. The van der Waals surface area contributed by atoms with Gasteiger partial charge in [-0.05, 0) is 36.8 Å². The topological polar surface area (TPSA) is 66.5 Å². The van der Waals surface area contributed by atoms with Crippen molar-refractivity contribution in [1.29, 1.82) is 0 Å². The zero-order valence-corrected chi connectivity index (χ0v) is 15.9. The van der Waals surface area contributed by atoms with Crippen molar-refractivity contribution in [2.45, 2.75) is 19.4 Å². The predicted molar refractivity (Wildman–Crippen MR) is 103 cm³/mol. The van der Waals surface area contributed by atoms with Crippen molar-refractivity contribution < 1.29 is 14.9 Å². The maximum atomic E-state index is 12.9. The fourth-order valence-electron chi connectivity index (χ4n) is 3.26. The number of carbonyl (C=O) groups excluding carboxylic acids is 1. The number of benzene rings is 2. The molecule has 1 fully saturated rings.